The minimum Gasteiger partial charge on any atom is -0.345 e. The van der Waals surface area contributed by atoms with E-state index in [1.54, 1.807) is 0 Å². The van der Waals surface area contributed by atoms with Crippen molar-refractivity contribution in [2.24, 2.45) is 5.92 Å². The lowest BCUT2D eigenvalue weighted by molar-refractivity contribution is 0.587. The summed E-state index contributed by atoms with van der Waals surface area (Å²) in [4.78, 5) is 7.58. The van der Waals surface area contributed by atoms with Crippen LogP contribution in [-0.4, -0.2) is 16.5 Å². The fraction of sp³-hybridized carbons (Fsp3) is 0.727. The van der Waals surface area contributed by atoms with E-state index < -0.39 is 0 Å². The Balaban J connectivity index is 0.000000461. The van der Waals surface area contributed by atoms with Crippen LogP contribution in [0.25, 0.3) is 0 Å². The highest BCUT2D eigenvalue weighted by Crippen LogP contribution is 2.24. The van der Waals surface area contributed by atoms with Crippen molar-refractivity contribution >= 4 is 0 Å². The summed E-state index contributed by atoms with van der Waals surface area (Å²) in [5.74, 6) is 1.87. The van der Waals surface area contributed by atoms with E-state index >= 15 is 0 Å². The first kappa shape index (κ1) is 11.2. The number of imidazole rings is 1. The molecule has 0 unspecified atom stereocenters. The predicted octanol–water partition coefficient (Wildman–Crippen LogP) is 2.41. The van der Waals surface area contributed by atoms with Gasteiger partial charge >= 0.3 is 0 Å². The van der Waals surface area contributed by atoms with Gasteiger partial charge in [-0.25, -0.2) is 4.98 Å². The third kappa shape index (κ3) is 2.58. The Bertz CT molecular complexity index is 267. The van der Waals surface area contributed by atoms with Crippen LogP contribution < -0.4 is 5.32 Å². The van der Waals surface area contributed by atoms with E-state index in [1.165, 1.54) is 6.42 Å². The van der Waals surface area contributed by atoms with E-state index in [4.69, 9.17) is 0 Å². The molecule has 80 valence electrons. The average Bonchev–Trinajstić information content (AvgIpc) is 2.78. The molecule has 2 atom stereocenters. The number of hydrogen-bond acceptors (Lipinski definition) is 2. The summed E-state index contributed by atoms with van der Waals surface area (Å²) >= 11 is 0. The number of aromatic nitrogens is 2. The molecule has 1 fully saturated rings. The molecule has 1 aromatic heterocycles. The molecule has 3 nitrogen and oxygen atoms in total. The van der Waals surface area contributed by atoms with Crippen molar-refractivity contribution in [3.8, 4) is 0 Å². The predicted molar refractivity (Wildman–Crippen MR) is 59.2 cm³/mol. The summed E-state index contributed by atoms with van der Waals surface area (Å²) in [5, 5.41) is 3.44. The van der Waals surface area contributed by atoms with Crippen LogP contribution in [0.5, 0.6) is 0 Å². The Labute approximate surface area is 86.3 Å². The summed E-state index contributed by atoms with van der Waals surface area (Å²) in [5.41, 5.74) is 1.14. The van der Waals surface area contributed by atoms with Gasteiger partial charge in [-0.3, -0.25) is 0 Å². The van der Waals surface area contributed by atoms with Crippen molar-refractivity contribution in [2.45, 2.75) is 40.2 Å². The molecule has 0 aliphatic carbocycles. The van der Waals surface area contributed by atoms with Crippen molar-refractivity contribution in [3.05, 3.63) is 17.7 Å². The van der Waals surface area contributed by atoms with E-state index in [0.717, 1.165) is 24.0 Å². The SMILES string of the molecule is CC.Cc1cnc([C@@H]2C[C@H](C)CN2)[nH]1. The first-order valence-electron chi connectivity index (χ1n) is 5.50. The van der Waals surface area contributed by atoms with Gasteiger partial charge in [0.25, 0.3) is 0 Å². The van der Waals surface area contributed by atoms with Crippen molar-refractivity contribution in [3.63, 3.8) is 0 Å². The van der Waals surface area contributed by atoms with E-state index in [2.05, 4.69) is 22.2 Å². The highest BCUT2D eigenvalue weighted by molar-refractivity contribution is 5.04. The number of aryl methyl sites for hydroxylation is 1. The zero-order valence-corrected chi connectivity index (χ0v) is 9.59. The normalized spacial score (nSPS) is 25.7. The number of H-pyrrole nitrogens is 1. The molecule has 1 aromatic rings. The Hall–Kier alpha value is -0.830. The first-order valence-corrected chi connectivity index (χ1v) is 5.50. The highest BCUT2D eigenvalue weighted by Gasteiger charge is 2.23. The van der Waals surface area contributed by atoms with Crippen LogP contribution in [0, 0.1) is 12.8 Å². The van der Waals surface area contributed by atoms with Gasteiger partial charge in [0.2, 0.25) is 0 Å². The molecule has 1 saturated heterocycles. The number of nitrogens with one attached hydrogen (secondary N) is 2. The van der Waals surface area contributed by atoms with Crippen molar-refractivity contribution < 1.29 is 0 Å². The summed E-state index contributed by atoms with van der Waals surface area (Å²) in [7, 11) is 0. The molecule has 0 saturated carbocycles. The van der Waals surface area contributed by atoms with Gasteiger partial charge in [-0.15, -0.1) is 0 Å². The second-order valence-corrected chi connectivity index (χ2v) is 3.75. The molecule has 0 bridgehead atoms. The molecule has 1 aliphatic rings. The molecule has 0 radical (unpaired) electrons. The van der Waals surface area contributed by atoms with Gasteiger partial charge in [0.05, 0.1) is 6.04 Å². The van der Waals surface area contributed by atoms with Crippen LogP contribution in [0.3, 0.4) is 0 Å². The van der Waals surface area contributed by atoms with E-state index in [-0.39, 0.29) is 0 Å². The van der Waals surface area contributed by atoms with E-state index in [1.807, 2.05) is 27.0 Å². The molecule has 2 heterocycles. The first-order chi connectivity index (χ1) is 6.75. The van der Waals surface area contributed by atoms with Gasteiger partial charge in [0.1, 0.15) is 5.82 Å². The molecule has 2 N–H and O–H groups in total. The molecular weight excluding hydrogens is 174 g/mol. The minimum absolute atomic E-state index is 0.452. The lowest BCUT2D eigenvalue weighted by Crippen LogP contribution is -2.14. The van der Waals surface area contributed by atoms with Gasteiger partial charge in [-0.2, -0.15) is 0 Å². The highest BCUT2D eigenvalue weighted by atomic mass is 15.0. The molecule has 2 rings (SSSR count). The van der Waals surface area contributed by atoms with Crippen molar-refractivity contribution in [2.75, 3.05) is 6.54 Å². The molecule has 14 heavy (non-hydrogen) atoms. The average molecular weight is 195 g/mol. The third-order valence-electron chi connectivity index (χ3n) is 2.40. The molecular formula is C11H21N3. The van der Waals surface area contributed by atoms with Gasteiger partial charge in [0, 0.05) is 11.9 Å². The standard InChI is InChI=1S/C9H15N3.C2H6/c1-6-3-8(10-4-6)9-11-5-7(2)12-9;1-2/h5-6,8,10H,3-4H2,1-2H3,(H,11,12);1-2H3/t6-,8-;/m0./s1. The lowest BCUT2D eigenvalue weighted by atomic mass is 10.1. The summed E-state index contributed by atoms with van der Waals surface area (Å²) in [6.45, 7) is 9.42. The fourth-order valence-corrected chi connectivity index (χ4v) is 1.73. The van der Waals surface area contributed by atoms with Gasteiger partial charge in [-0.1, -0.05) is 20.8 Å². The van der Waals surface area contributed by atoms with E-state index in [9.17, 15) is 0 Å². The van der Waals surface area contributed by atoms with Crippen LogP contribution in [0.15, 0.2) is 6.20 Å². The fourth-order valence-electron chi connectivity index (χ4n) is 1.73. The van der Waals surface area contributed by atoms with Crippen LogP contribution in [0.1, 0.15) is 44.8 Å². The van der Waals surface area contributed by atoms with Crippen LogP contribution in [0.2, 0.25) is 0 Å². The largest absolute Gasteiger partial charge is 0.345 e. The number of hydrogen-bond donors (Lipinski definition) is 2. The zero-order chi connectivity index (χ0) is 10.6. The van der Waals surface area contributed by atoms with Crippen LogP contribution in [-0.2, 0) is 0 Å². The second-order valence-electron chi connectivity index (χ2n) is 3.75. The minimum atomic E-state index is 0.452. The molecule has 0 amide bonds. The maximum absolute atomic E-state index is 4.31. The summed E-state index contributed by atoms with van der Waals surface area (Å²) in [6.07, 6.45) is 3.09. The van der Waals surface area contributed by atoms with Gasteiger partial charge < -0.3 is 10.3 Å². The van der Waals surface area contributed by atoms with Crippen LogP contribution >= 0.6 is 0 Å². The second kappa shape index (κ2) is 5.15. The van der Waals surface area contributed by atoms with Crippen molar-refractivity contribution in [1.29, 1.82) is 0 Å². The third-order valence-corrected chi connectivity index (χ3v) is 2.40. The summed E-state index contributed by atoms with van der Waals surface area (Å²) in [6, 6.07) is 0.452. The summed E-state index contributed by atoms with van der Waals surface area (Å²) < 4.78 is 0. The maximum atomic E-state index is 4.31. The Morgan fingerprint density at radius 2 is 2.14 bits per heavy atom. The molecule has 3 heteroatoms. The number of rotatable bonds is 1. The Morgan fingerprint density at radius 1 is 1.43 bits per heavy atom. The van der Waals surface area contributed by atoms with Gasteiger partial charge in [-0.05, 0) is 25.8 Å². The van der Waals surface area contributed by atoms with E-state index in [0.29, 0.717) is 6.04 Å². The lowest BCUT2D eigenvalue weighted by Gasteiger charge is -2.05. The van der Waals surface area contributed by atoms with Crippen molar-refractivity contribution in [1.82, 2.24) is 15.3 Å². The Kier molecular flexibility index (Phi) is 4.14. The molecule has 0 aromatic carbocycles. The molecule has 1 aliphatic heterocycles. The van der Waals surface area contributed by atoms with Gasteiger partial charge in [0.15, 0.2) is 0 Å². The topological polar surface area (TPSA) is 40.7 Å². The van der Waals surface area contributed by atoms with Crippen LogP contribution in [0.4, 0.5) is 0 Å². The number of aromatic amines is 1. The quantitative estimate of drug-likeness (QED) is 0.722. The smallest absolute Gasteiger partial charge is 0.123 e. The monoisotopic (exact) mass is 195 g/mol. The number of nitrogens with zero attached hydrogens (tertiary/aromatic N) is 1. The molecule has 0 spiro atoms. The maximum Gasteiger partial charge on any atom is 0.123 e. The zero-order valence-electron chi connectivity index (χ0n) is 9.59. The Morgan fingerprint density at radius 3 is 2.57 bits per heavy atom.